The van der Waals surface area contributed by atoms with Crippen molar-refractivity contribution in [3.8, 4) is 5.75 Å². The molecule has 0 aromatic heterocycles. The molecule has 1 aliphatic rings. The predicted molar refractivity (Wildman–Crippen MR) is 75.1 cm³/mol. The minimum atomic E-state index is -0.272. The fraction of sp³-hybridized carbons (Fsp3) is 0.333. The molecule has 5 heteroatoms. The van der Waals surface area contributed by atoms with Crippen LogP contribution in [0.2, 0.25) is 0 Å². The second kappa shape index (κ2) is 6.23. The summed E-state index contributed by atoms with van der Waals surface area (Å²) in [6, 6.07) is 5.38. The van der Waals surface area contributed by atoms with Gasteiger partial charge in [0.15, 0.2) is 0 Å². The lowest BCUT2D eigenvalue weighted by molar-refractivity contribution is -0.132. The SMILES string of the molecule is C=CC(=O)NCCC(=O)N1CCc2c(O)cccc2C1. The zero-order valence-corrected chi connectivity index (χ0v) is 11.3. The average molecular weight is 274 g/mol. The minimum absolute atomic E-state index is 0.00311. The molecule has 20 heavy (non-hydrogen) atoms. The summed E-state index contributed by atoms with van der Waals surface area (Å²) in [5, 5.41) is 12.3. The molecule has 0 saturated heterocycles. The van der Waals surface area contributed by atoms with Gasteiger partial charge in [-0.3, -0.25) is 9.59 Å². The number of aromatic hydroxyl groups is 1. The van der Waals surface area contributed by atoms with Crippen molar-refractivity contribution >= 4 is 11.8 Å². The van der Waals surface area contributed by atoms with E-state index in [2.05, 4.69) is 11.9 Å². The Labute approximate surface area is 117 Å². The van der Waals surface area contributed by atoms with Gasteiger partial charge >= 0.3 is 0 Å². The second-order valence-electron chi connectivity index (χ2n) is 4.73. The Balaban J connectivity index is 1.90. The van der Waals surface area contributed by atoms with E-state index in [1.165, 1.54) is 6.08 Å². The van der Waals surface area contributed by atoms with Gasteiger partial charge in [-0.25, -0.2) is 0 Å². The van der Waals surface area contributed by atoms with E-state index in [4.69, 9.17) is 0 Å². The fourth-order valence-electron chi connectivity index (χ4n) is 2.33. The normalized spacial score (nSPS) is 13.5. The van der Waals surface area contributed by atoms with Gasteiger partial charge in [-0.05, 0) is 24.1 Å². The standard InChI is InChI=1S/C15H18N2O3/c1-2-14(19)16-8-6-15(20)17-9-7-12-11(10-17)4-3-5-13(12)18/h2-5,18H,1,6-10H2,(H,16,19). The number of nitrogens with zero attached hydrogens (tertiary/aromatic N) is 1. The van der Waals surface area contributed by atoms with Gasteiger partial charge in [0.1, 0.15) is 5.75 Å². The number of hydrogen-bond donors (Lipinski definition) is 2. The highest BCUT2D eigenvalue weighted by Gasteiger charge is 2.21. The molecule has 0 unspecified atom stereocenters. The summed E-state index contributed by atoms with van der Waals surface area (Å²) in [5.41, 5.74) is 1.91. The molecule has 2 amide bonds. The number of fused-ring (bicyclic) bond motifs is 1. The van der Waals surface area contributed by atoms with Crippen LogP contribution in [0.1, 0.15) is 17.5 Å². The molecule has 0 aliphatic carbocycles. The third kappa shape index (κ3) is 3.17. The summed E-state index contributed by atoms with van der Waals surface area (Å²) in [6.45, 7) is 4.77. The maximum Gasteiger partial charge on any atom is 0.243 e. The summed E-state index contributed by atoms with van der Waals surface area (Å²) in [5.74, 6) is 0.0305. The number of rotatable bonds is 4. The van der Waals surface area contributed by atoms with Crippen molar-refractivity contribution in [1.29, 1.82) is 0 Å². The lowest BCUT2D eigenvalue weighted by atomic mass is 9.98. The van der Waals surface area contributed by atoms with E-state index in [0.29, 0.717) is 31.8 Å². The van der Waals surface area contributed by atoms with Crippen LogP contribution in [0, 0.1) is 0 Å². The number of nitrogens with one attached hydrogen (secondary N) is 1. The number of carbonyl (C=O) groups excluding carboxylic acids is 2. The maximum atomic E-state index is 12.0. The molecule has 1 aromatic rings. The van der Waals surface area contributed by atoms with Crippen LogP contribution in [-0.4, -0.2) is 34.9 Å². The molecule has 1 aliphatic heterocycles. The van der Waals surface area contributed by atoms with Gasteiger partial charge in [0.05, 0.1) is 0 Å². The van der Waals surface area contributed by atoms with E-state index in [0.717, 1.165) is 11.1 Å². The first-order valence-corrected chi connectivity index (χ1v) is 6.59. The molecule has 0 spiro atoms. The Morgan fingerprint density at radius 3 is 3.00 bits per heavy atom. The van der Waals surface area contributed by atoms with E-state index in [9.17, 15) is 14.7 Å². The Hall–Kier alpha value is -2.30. The first-order valence-electron chi connectivity index (χ1n) is 6.59. The molecule has 5 nitrogen and oxygen atoms in total. The van der Waals surface area contributed by atoms with Crippen LogP contribution in [0.15, 0.2) is 30.9 Å². The third-order valence-electron chi connectivity index (χ3n) is 3.42. The van der Waals surface area contributed by atoms with Crippen molar-refractivity contribution < 1.29 is 14.7 Å². The van der Waals surface area contributed by atoms with Crippen LogP contribution >= 0.6 is 0 Å². The van der Waals surface area contributed by atoms with Crippen LogP contribution in [0.3, 0.4) is 0 Å². The van der Waals surface area contributed by atoms with Gasteiger partial charge in [0.2, 0.25) is 11.8 Å². The number of phenolic OH excluding ortho intramolecular Hbond substituents is 1. The van der Waals surface area contributed by atoms with E-state index in [1.54, 1.807) is 17.0 Å². The van der Waals surface area contributed by atoms with Crippen molar-refractivity contribution in [2.45, 2.75) is 19.4 Å². The van der Waals surface area contributed by atoms with Crippen molar-refractivity contribution in [1.82, 2.24) is 10.2 Å². The molecule has 1 aromatic carbocycles. The molecule has 0 bridgehead atoms. The highest BCUT2D eigenvalue weighted by molar-refractivity contribution is 5.87. The molecule has 1 heterocycles. The molecule has 0 saturated carbocycles. The number of phenols is 1. The summed E-state index contributed by atoms with van der Waals surface area (Å²) in [6.07, 6.45) is 2.12. The largest absolute Gasteiger partial charge is 0.508 e. The monoisotopic (exact) mass is 274 g/mol. The number of amides is 2. The van der Waals surface area contributed by atoms with Gasteiger partial charge in [-0.2, -0.15) is 0 Å². The summed E-state index contributed by atoms with van der Waals surface area (Å²) in [7, 11) is 0. The van der Waals surface area contributed by atoms with Crippen LogP contribution in [0.4, 0.5) is 0 Å². The Kier molecular flexibility index (Phi) is 4.40. The molecule has 2 rings (SSSR count). The Bertz CT molecular complexity index is 540. The summed E-state index contributed by atoms with van der Waals surface area (Å²) >= 11 is 0. The lowest BCUT2D eigenvalue weighted by Crippen LogP contribution is -2.37. The topological polar surface area (TPSA) is 69.6 Å². The van der Waals surface area contributed by atoms with Gasteiger partial charge in [0, 0.05) is 31.6 Å². The zero-order valence-electron chi connectivity index (χ0n) is 11.3. The van der Waals surface area contributed by atoms with Crippen LogP contribution in [0.25, 0.3) is 0 Å². The first-order chi connectivity index (χ1) is 9.61. The average Bonchev–Trinajstić information content (AvgIpc) is 2.46. The molecule has 0 fully saturated rings. The minimum Gasteiger partial charge on any atom is -0.508 e. The maximum absolute atomic E-state index is 12.0. The summed E-state index contributed by atoms with van der Waals surface area (Å²) in [4.78, 5) is 24.8. The van der Waals surface area contributed by atoms with Crippen molar-refractivity contribution in [3.63, 3.8) is 0 Å². The molecular formula is C15H18N2O3. The fourth-order valence-corrected chi connectivity index (χ4v) is 2.33. The van der Waals surface area contributed by atoms with E-state index in [1.807, 2.05) is 6.07 Å². The number of benzene rings is 1. The quantitative estimate of drug-likeness (QED) is 0.804. The first kappa shape index (κ1) is 14.1. The van der Waals surface area contributed by atoms with E-state index >= 15 is 0 Å². The predicted octanol–water partition coefficient (Wildman–Crippen LogP) is 0.969. The number of carbonyl (C=O) groups is 2. The summed E-state index contributed by atoms with van der Waals surface area (Å²) < 4.78 is 0. The Morgan fingerprint density at radius 1 is 1.45 bits per heavy atom. The highest BCUT2D eigenvalue weighted by atomic mass is 16.3. The van der Waals surface area contributed by atoms with Crippen molar-refractivity contribution in [2.75, 3.05) is 13.1 Å². The Morgan fingerprint density at radius 2 is 2.25 bits per heavy atom. The third-order valence-corrected chi connectivity index (χ3v) is 3.42. The smallest absolute Gasteiger partial charge is 0.243 e. The molecule has 0 atom stereocenters. The van der Waals surface area contributed by atoms with Crippen molar-refractivity contribution in [2.24, 2.45) is 0 Å². The van der Waals surface area contributed by atoms with Crippen LogP contribution < -0.4 is 5.32 Å². The van der Waals surface area contributed by atoms with Gasteiger partial charge < -0.3 is 15.3 Å². The highest BCUT2D eigenvalue weighted by Crippen LogP contribution is 2.26. The van der Waals surface area contributed by atoms with Gasteiger partial charge in [0.25, 0.3) is 0 Å². The van der Waals surface area contributed by atoms with Crippen LogP contribution in [0.5, 0.6) is 5.75 Å². The molecular weight excluding hydrogens is 256 g/mol. The number of hydrogen-bond acceptors (Lipinski definition) is 3. The lowest BCUT2D eigenvalue weighted by Gasteiger charge is -2.29. The molecule has 0 radical (unpaired) electrons. The van der Waals surface area contributed by atoms with E-state index < -0.39 is 0 Å². The van der Waals surface area contributed by atoms with Crippen molar-refractivity contribution in [3.05, 3.63) is 42.0 Å². The van der Waals surface area contributed by atoms with E-state index in [-0.39, 0.29) is 18.2 Å². The van der Waals surface area contributed by atoms with Crippen LogP contribution in [-0.2, 0) is 22.6 Å². The van der Waals surface area contributed by atoms with Gasteiger partial charge in [-0.15, -0.1) is 0 Å². The van der Waals surface area contributed by atoms with Gasteiger partial charge in [-0.1, -0.05) is 18.7 Å². The molecule has 106 valence electrons. The molecule has 2 N–H and O–H groups in total. The second-order valence-corrected chi connectivity index (χ2v) is 4.73. The zero-order chi connectivity index (χ0) is 14.5.